The van der Waals surface area contributed by atoms with E-state index in [1.54, 1.807) is 38.7 Å². The maximum Gasteiger partial charge on any atom is 0.340 e. The number of carbonyl (C=O) groups is 2. The molecule has 5 nitrogen and oxygen atoms in total. The lowest BCUT2D eigenvalue weighted by atomic mass is 10.1. The highest BCUT2D eigenvalue weighted by Crippen LogP contribution is 2.31. The average molecular weight is 372 g/mol. The Bertz CT molecular complexity index is 868. The van der Waals surface area contributed by atoms with E-state index >= 15 is 0 Å². The molecule has 0 atom stereocenters. The molecule has 1 aromatic heterocycles. The second-order valence-electron chi connectivity index (χ2n) is 7.37. The number of nitrogens with zero attached hydrogens (tertiary/aromatic N) is 1. The number of benzene rings is 1. The molecule has 1 N–H and O–H groups in total. The number of H-pyrrole nitrogens is 1. The molecule has 0 radical (unpaired) electrons. The van der Waals surface area contributed by atoms with Gasteiger partial charge in [0.25, 0.3) is 5.91 Å². The molecule has 1 saturated carbocycles. The highest BCUT2D eigenvalue weighted by molar-refractivity contribution is 6.00. The fourth-order valence-electron chi connectivity index (χ4n) is 3.27. The number of aromatic nitrogens is 1. The van der Waals surface area contributed by atoms with Crippen LogP contribution in [0.3, 0.4) is 0 Å². The van der Waals surface area contributed by atoms with Crippen molar-refractivity contribution < 1.29 is 18.7 Å². The third-order valence-electron chi connectivity index (χ3n) is 4.69. The number of nitrogens with one attached hydrogen (secondary N) is 1. The molecule has 1 fully saturated rings. The van der Waals surface area contributed by atoms with Gasteiger partial charge in [-0.15, -0.1) is 0 Å². The lowest BCUT2D eigenvalue weighted by Gasteiger charge is -2.22. The zero-order valence-electron chi connectivity index (χ0n) is 16.1. The molecule has 144 valence electrons. The quantitative estimate of drug-likeness (QED) is 0.775. The van der Waals surface area contributed by atoms with Crippen molar-refractivity contribution >= 4 is 11.9 Å². The van der Waals surface area contributed by atoms with E-state index in [1.807, 2.05) is 6.07 Å². The first-order valence-corrected chi connectivity index (χ1v) is 9.23. The van der Waals surface area contributed by atoms with Gasteiger partial charge in [0.15, 0.2) is 0 Å². The van der Waals surface area contributed by atoms with E-state index < -0.39 is 5.97 Å². The second kappa shape index (κ2) is 7.55. The summed E-state index contributed by atoms with van der Waals surface area (Å²) in [5.74, 6) is -0.925. The zero-order chi connectivity index (χ0) is 19.7. The van der Waals surface area contributed by atoms with Crippen LogP contribution in [0.4, 0.5) is 4.39 Å². The number of hydrogen-bond acceptors (Lipinski definition) is 3. The van der Waals surface area contributed by atoms with Crippen molar-refractivity contribution in [2.24, 2.45) is 0 Å². The molecule has 0 saturated heterocycles. The first kappa shape index (κ1) is 19.1. The van der Waals surface area contributed by atoms with E-state index in [1.165, 1.54) is 12.1 Å². The molecule has 27 heavy (non-hydrogen) atoms. The number of amides is 1. The Balaban J connectivity index is 1.88. The predicted molar refractivity (Wildman–Crippen MR) is 100 cm³/mol. The summed E-state index contributed by atoms with van der Waals surface area (Å²) in [7, 11) is 0. The molecule has 0 unspecified atom stereocenters. The third-order valence-corrected chi connectivity index (χ3v) is 4.69. The van der Waals surface area contributed by atoms with Crippen LogP contribution in [0, 0.1) is 19.7 Å². The topological polar surface area (TPSA) is 62.4 Å². The smallest absolute Gasteiger partial charge is 0.340 e. The fraction of sp³-hybridized carbons (Fsp3) is 0.429. The number of halogens is 1. The summed E-state index contributed by atoms with van der Waals surface area (Å²) in [6.45, 7) is 7.42. The first-order valence-electron chi connectivity index (χ1n) is 9.23. The molecule has 2 aromatic rings. The fourth-order valence-corrected chi connectivity index (χ4v) is 3.27. The minimum Gasteiger partial charge on any atom is -0.459 e. The number of aromatic amines is 1. The summed E-state index contributed by atoms with van der Waals surface area (Å²) in [6.07, 6.45) is 1.63. The summed E-state index contributed by atoms with van der Waals surface area (Å²) in [5, 5.41) is 0. The molecule has 1 aliphatic rings. The molecule has 0 spiro atoms. The van der Waals surface area contributed by atoms with Gasteiger partial charge in [-0.3, -0.25) is 4.79 Å². The van der Waals surface area contributed by atoms with Gasteiger partial charge in [-0.05, 0) is 63.8 Å². The SMILES string of the molecule is Cc1[nH]c(C(=O)N(Cc2cccc(F)c2)C2CC2)c(C)c1C(=O)OC(C)C. The van der Waals surface area contributed by atoms with E-state index in [4.69, 9.17) is 4.74 Å². The minimum atomic E-state index is -0.432. The molecule has 1 aromatic carbocycles. The van der Waals surface area contributed by atoms with E-state index in [0.29, 0.717) is 29.1 Å². The van der Waals surface area contributed by atoms with Crippen LogP contribution in [-0.4, -0.2) is 33.9 Å². The van der Waals surface area contributed by atoms with Gasteiger partial charge in [0.05, 0.1) is 11.7 Å². The van der Waals surface area contributed by atoms with Crippen molar-refractivity contribution in [2.45, 2.75) is 59.2 Å². The number of carbonyl (C=O) groups excluding carboxylic acids is 2. The Morgan fingerprint density at radius 3 is 2.59 bits per heavy atom. The van der Waals surface area contributed by atoms with Crippen LogP contribution in [0.2, 0.25) is 0 Å². The van der Waals surface area contributed by atoms with Crippen molar-refractivity contribution in [3.05, 3.63) is 58.2 Å². The number of hydrogen-bond donors (Lipinski definition) is 1. The van der Waals surface area contributed by atoms with Gasteiger partial charge in [-0.2, -0.15) is 0 Å². The normalized spacial score (nSPS) is 13.7. The zero-order valence-corrected chi connectivity index (χ0v) is 16.1. The van der Waals surface area contributed by atoms with E-state index in [9.17, 15) is 14.0 Å². The Labute approximate surface area is 158 Å². The summed E-state index contributed by atoms with van der Waals surface area (Å²) >= 11 is 0. The molecule has 1 amide bonds. The van der Waals surface area contributed by atoms with Gasteiger partial charge in [-0.25, -0.2) is 9.18 Å². The van der Waals surface area contributed by atoms with Crippen molar-refractivity contribution in [1.29, 1.82) is 0 Å². The van der Waals surface area contributed by atoms with Gasteiger partial charge < -0.3 is 14.6 Å². The molecule has 0 bridgehead atoms. The van der Waals surface area contributed by atoms with Crippen LogP contribution in [0.1, 0.15) is 64.4 Å². The predicted octanol–water partition coefficient (Wildman–Crippen LogP) is 4.14. The molecule has 6 heteroatoms. The number of ether oxygens (including phenoxy) is 1. The maximum atomic E-state index is 13.5. The molecule has 3 rings (SSSR count). The Morgan fingerprint density at radius 1 is 1.30 bits per heavy atom. The van der Waals surface area contributed by atoms with Gasteiger partial charge in [-0.1, -0.05) is 12.1 Å². The van der Waals surface area contributed by atoms with Crippen molar-refractivity contribution in [2.75, 3.05) is 0 Å². The maximum absolute atomic E-state index is 13.5. The second-order valence-corrected chi connectivity index (χ2v) is 7.37. The lowest BCUT2D eigenvalue weighted by molar-refractivity contribution is 0.0376. The van der Waals surface area contributed by atoms with Crippen LogP contribution < -0.4 is 0 Å². The Hall–Kier alpha value is -2.63. The first-order chi connectivity index (χ1) is 12.8. The highest BCUT2D eigenvalue weighted by Gasteiger charge is 2.35. The summed E-state index contributed by atoms with van der Waals surface area (Å²) in [4.78, 5) is 30.4. The van der Waals surface area contributed by atoms with Gasteiger partial charge in [0.1, 0.15) is 11.5 Å². The van der Waals surface area contributed by atoms with E-state index in [0.717, 1.165) is 18.4 Å². The van der Waals surface area contributed by atoms with Gasteiger partial charge >= 0.3 is 5.97 Å². The molecule has 0 aliphatic heterocycles. The van der Waals surface area contributed by atoms with Crippen LogP contribution in [0.15, 0.2) is 24.3 Å². The van der Waals surface area contributed by atoms with Crippen molar-refractivity contribution in [3.63, 3.8) is 0 Å². The monoisotopic (exact) mass is 372 g/mol. The minimum absolute atomic E-state index is 0.148. The average Bonchev–Trinajstić information content (AvgIpc) is 3.36. The lowest BCUT2D eigenvalue weighted by Crippen LogP contribution is -2.33. The van der Waals surface area contributed by atoms with Crippen LogP contribution in [0.25, 0.3) is 0 Å². The Morgan fingerprint density at radius 2 is 2.00 bits per heavy atom. The number of rotatable bonds is 6. The van der Waals surface area contributed by atoms with Crippen molar-refractivity contribution in [3.8, 4) is 0 Å². The van der Waals surface area contributed by atoms with Gasteiger partial charge in [0.2, 0.25) is 0 Å². The molecular weight excluding hydrogens is 347 g/mol. The van der Waals surface area contributed by atoms with E-state index in [-0.39, 0.29) is 23.9 Å². The summed E-state index contributed by atoms with van der Waals surface area (Å²) in [6, 6.07) is 6.43. The highest BCUT2D eigenvalue weighted by atomic mass is 19.1. The summed E-state index contributed by atoms with van der Waals surface area (Å²) < 4.78 is 18.8. The van der Waals surface area contributed by atoms with Crippen LogP contribution >= 0.6 is 0 Å². The molecule has 1 aliphatic carbocycles. The van der Waals surface area contributed by atoms with Gasteiger partial charge in [0, 0.05) is 18.3 Å². The van der Waals surface area contributed by atoms with Crippen LogP contribution in [0.5, 0.6) is 0 Å². The third kappa shape index (κ3) is 4.21. The summed E-state index contributed by atoms with van der Waals surface area (Å²) in [5.41, 5.74) is 2.76. The number of aryl methyl sites for hydroxylation is 1. The largest absolute Gasteiger partial charge is 0.459 e. The Kier molecular flexibility index (Phi) is 5.35. The van der Waals surface area contributed by atoms with Crippen molar-refractivity contribution in [1.82, 2.24) is 9.88 Å². The standard InChI is InChI=1S/C21H25FN2O3/c1-12(2)27-21(26)18-13(3)19(23-14(18)4)20(25)24(17-8-9-17)11-15-6-5-7-16(22)10-15/h5-7,10,12,17,23H,8-9,11H2,1-4H3. The van der Waals surface area contributed by atoms with Crippen LogP contribution in [-0.2, 0) is 11.3 Å². The molecular formula is C21H25FN2O3. The molecule has 1 heterocycles. The number of esters is 1. The van der Waals surface area contributed by atoms with E-state index in [2.05, 4.69) is 4.98 Å².